The fourth-order valence-electron chi connectivity index (χ4n) is 5.36. The second-order valence-corrected chi connectivity index (χ2v) is 9.47. The van der Waals surface area contributed by atoms with Crippen LogP contribution in [-0.2, 0) is 11.2 Å². The number of aliphatic hydroxyl groups is 1. The number of ether oxygens (including phenoxy) is 1. The Balaban J connectivity index is 1.46. The van der Waals surface area contributed by atoms with E-state index in [2.05, 4.69) is 21.7 Å². The highest BCUT2D eigenvalue weighted by Crippen LogP contribution is 2.33. The van der Waals surface area contributed by atoms with Gasteiger partial charge in [-0.2, -0.15) is 5.26 Å². The molecule has 2 aliphatic heterocycles. The number of nitrogens with one attached hydrogen (secondary N) is 3. The first kappa shape index (κ1) is 24.7. The fraction of sp³-hybridized carbons (Fsp3) is 0.370. The zero-order chi connectivity index (χ0) is 26.1. The molecule has 4 N–H and O–H groups in total. The molecule has 9 nitrogen and oxygen atoms in total. The average Bonchev–Trinajstić information content (AvgIpc) is 3.52. The van der Waals surface area contributed by atoms with Crippen LogP contribution in [0.1, 0.15) is 40.5 Å². The van der Waals surface area contributed by atoms with E-state index in [4.69, 9.17) is 4.74 Å². The van der Waals surface area contributed by atoms with Crippen LogP contribution in [0.15, 0.2) is 42.5 Å². The maximum atomic E-state index is 14.0. The van der Waals surface area contributed by atoms with Crippen LogP contribution >= 0.6 is 0 Å². The second-order valence-electron chi connectivity index (χ2n) is 9.47. The van der Waals surface area contributed by atoms with Gasteiger partial charge in [-0.05, 0) is 67.3 Å². The van der Waals surface area contributed by atoms with E-state index in [-0.39, 0.29) is 18.9 Å². The van der Waals surface area contributed by atoms with E-state index >= 15 is 0 Å². The predicted octanol–water partition coefficient (Wildman–Crippen LogP) is 2.38. The number of carbonyl (C=O) groups is 2. The molecular weight excluding hydrogens is 477 g/mol. The normalized spacial score (nSPS) is 21.8. The van der Waals surface area contributed by atoms with Gasteiger partial charge in [0.2, 0.25) is 5.91 Å². The number of hydrogen-bond donors (Lipinski definition) is 4. The summed E-state index contributed by atoms with van der Waals surface area (Å²) >= 11 is 0. The number of nitriles is 1. The number of methoxy groups -OCH3 is 1. The van der Waals surface area contributed by atoms with E-state index in [9.17, 15) is 24.3 Å². The maximum Gasteiger partial charge on any atom is 0.271 e. The summed E-state index contributed by atoms with van der Waals surface area (Å²) in [5.74, 6) is -0.893. The van der Waals surface area contributed by atoms with Crippen LogP contribution in [0.2, 0.25) is 0 Å². The zero-order valence-electron chi connectivity index (χ0n) is 20.3. The van der Waals surface area contributed by atoms with Crippen LogP contribution < -0.4 is 15.4 Å². The van der Waals surface area contributed by atoms with E-state index in [1.807, 2.05) is 12.1 Å². The van der Waals surface area contributed by atoms with Crippen LogP contribution in [0.5, 0.6) is 5.75 Å². The SMILES string of the molecule is COc1cccc2[nH]c(C(=O)N3CCc4cc(F)ccc4C3C(=O)NC(C#N)CC3CCNC3O)cc12. The number of rotatable bonds is 6. The smallest absolute Gasteiger partial charge is 0.271 e. The van der Waals surface area contributed by atoms with Gasteiger partial charge in [0, 0.05) is 23.4 Å². The minimum absolute atomic E-state index is 0.170. The van der Waals surface area contributed by atoms with Crippen LogP contribution in [0.25, 0.3) is 10.9 Å². The first-order valence-electron chi connectivity index (χ1n) is 12.3. The van der Waals surface area contributed by atoms with Gasteiger partial charge in [-0.1, -0.05) is 12.1 Å². The van der Waals surface area contributed by atoms with Gasteiger partial charge in [-0.15, -0.1) is 0 Å². The number of fused-ring (bicyclic) bond motifs is 2. The Bertz CT molecular complexity index is 1380. The van der Waals surface area contributed by atoms with E-state index in [0.29, 0.717) is 42.0 Å². The molecule has 1 aromatic heterocycles. The molecule has 0 aliphatic carbocycles. The van der Waals surface area contributed by atoms with Crippen LogP contribution in [0.3, 0.4) is 0 Å². The molecular formula is C27H28FN5O4. The number of H-pyrrole nitrogens is 1. The number of amides is 2. The largest absolute Gasteiger partial charge is 0.496 e. The third-order valence-corrected chi connectivity index (χ3v) is 7.24. The van der Waals surface area contributed by atoms with Crippen molar-refractivity contribution in [1.82, 2.24) is 20.5 Å². The Morgan fingerprint density at radius 2 is 2.16 bits per heavy atom. The van der Waals surface area contributed by atoms with E-state index in [1.54, 1.807) is 19.2 Å². The minimum Gasteiger partial charge on any atom is -0.496 e. The first-order valence-corrected chi connectivity index (χ1v) is 12.3. The molecule has 5 rings (SSSR count). The topological polar surface area (TPSA) is 130 Å². The summed E-state index contributed by atoms with van der Waals surface area (Å²) in [4.78, 5) is 31.9. The summed E-state index contributed by atoms with van der Waals surface area (Å²) in [6.45, 7) is 0.833. The maximum absolute atomic E-state index is 14.0. The molecule has 0 spiro atoms. The summed E-state index contributed by atoms with van der Waals surface area (Å²) in [6, 6.07) is 11.5. The Morgan fingerprint density at radius 1 is 1.32 bits per heavy atom. The van der Waals surface area contributed by atoms with Gasteiger partial charge in [-0.25, -0.2) is 4.39 Å². The number of carbonyl (C=O) groups excluding carboxylic acids is 2. The number of aromatic amines is 1. The van der Waals surface area contributed by atoms with Crippen molar-refractivity contribution in [2.45, 2.75) is 37.6 Å². The number of nitrogens with zero attached hydrogens (tertiary/aromatic N) is 2. The molecule has 2 amide bonds. The van der Waals surface area contributed by atoms with Crippen LogP contribution in [0.4, 0.5) is 4.39 Å². The first-order chi connectivity index (χ1) is 17.9. The lowest BCUT2D eigenvalue weighted by molar-refractivity contribution is -0.126. The fourth-order valence-corrected chi connectivity index (χ4v) is 5.36. The van der Waals surface area contributed by atoms with Crippen molar-refractivity contribution in [1.29, 1.82) is 5.26 Å². The molecule has 1 saturated heterocycles. The highest BCUT2D eigenvalue weighted by molar-refractivity contribution is 6.02. The molecule has 3 heterocycles. The lowest BCUT2D eigenvalue weighted by atomic mass is 9.91. The summed E-state index contributed by atoms with van der Waals surface area (Å²) < 4.78 is 19.4. The molecule has 1 fully saturated rings. The lowest BCUT2D eigenvalue weighted by Gasteiger charge is -2.36. The average molecular weight is 506 g/mol. The Labute approximate surface area is 213 Å². The quantitative estimate of drug-likeness (QED) is 0.407. The molecule has 4 unspecified atom stereocenters. The van der Waals surface area contributed by atoms with Crippen LogP contribution in [0, 0.1) is 23.1 Å². The summed E-state index contributed by atoms with van der Waals surface area (Å²) in [6.07, 6.45) is 0.612. The monoisotopic (exact) mass is 505 g/mol. The number of hydrogen-bond acceptors (Lipinski definition) is 6. The molecule has 10 heteroatoms. The van der Waals surface area contributed by atoms with Crippen molar-refractivity contribution in [3.63, 3.8) is 0 Å². The summed E-state index contributed by atoms with van der Waals surface area (Å²) in [5, 5.41) is 26.2. The van der Waals surface area contributed by atoms with Crippen molar-refractivity contribution in [2.75, 3.05) is 20.2 Å². The van der Waals surface area contributed by atoms with Gasteiger partial charge >= 0.3 is 0 Å². The molecule has 3 aromatic rings. The number of aliphatic hydroxyl groups excluding tert-OH is 1. The van der Waals surface area contributed by atoms with Crippen LogP contribution in [-0.4, -0.2) is 59.3 Å². The summed E-state index contributed by atoms with van der Waals surface area (Å²) in [5.41, 5.74) is 2.18. The molecule has 0 radical (unpaired) electrons. The summed E-state index contributed by atoms with van der Waals surface area (Å²) in [7, 11) is 1.55. The lowest BCUT2D eigenvalue weighted by Crippen LogP contribution is -2.49. The van der Waals surface area contributed by atoms with Gasteiger partial charge in [-0.3, -0.25) is 14.9 Å². The van der Waals surface area contributed by atoms with Crippen molar-refractivity contribution < 1.29 is 23.8 Å². The number of benzene rings is 2. The molecule has 0 bridgehead atoms. The standard InChI is InChI=1S/C27H28FN5O4/c1-37-23-4-2-3-21-20(23)13-22(32-21)27(36)33-10-8-15-11-17(28)5-6-19(15)24(33)26(35)31-18(14-29)12-16-7-9-30-25(16)34/h2-6,11,13,16,18,24-25,30,32,34H,7-10,12H2,1H3,(H,31,35). The Kier molecular flexibility index (Phi) is 6.82. The van der Waals surface area contributed by atoms with E-state index in [1.165, 1.54) is 23.1 Å². The molecule has 4 atom stereocenters. The predicted molar refractivity (Wildman–Crippen MR) is 133 cm³/mol. The highest BCUT2D eigenvalue weighted by Gasteiger charge is 2.38. The second kappa shape index (κ2) is 10.2. The molecule has 2 aromatic carbocycles. The van der Waals surface area contributed by atoms with Gasteiger partial charge in [0.05, 0.1) is 13.2 Å². The minimum atomic E-state index is -1.05. The van der Waals surface area contributed by atoms with E-state index < -0.39 is 35.9 Å². The Morgan fingerprint density at radius 3 is 2.89 bits per heavy atom. The Hall–Kier alpha value is -3.94. The molecule has 2 aliphatic rings. The molecule has 37 heavy (non-hydrogen) atoms. The van der Waals surface area contributed by atoms with Crippen molar-refractivity contribution in [3.05, 3.63) is 65.1 Å². The van der Waals surface area contributed by atoms with Gasteiger partial charge in [0.15, 0.2) is 0 Å². The third-order valence-electron chi connectivity index (χ3n) is 7.24. The van der Waals surface area contributed by atoms with E-state index in [0.717, 1.165) is 10.9 Å². The molecule has 0 saturated carbocycles. The van der Waals surface area contributed by atoms with Crippen molar-refractivity contribution >= 4 is 22.7 Å². The highest BCUT2D eigenvalue weighted by atomic mass is 19.1. The van der Waals surface area contributed by atoms with Crippen molar-refractivity contribution in [2.24, 2.45) is 5.92 Å². The van der Waals surface area contributed by atoms with Gasteiger partial charge in [0.25, 0.3) is 5.91 Å². The number of halogens is 1. The third kappa shape index (κ3) is 4.75. The van der Waals surface area contributed by atoms with Gasteiger partial charge in [0.1, 0.15) is 35.6 Å². The van der Waals surface area contributed by atoms with Gasteiger partial charge < -0.3 is 25.0 Å². The molecule has 192 valence electrons. The van der Waals surface area contributed by atoms with Crippen molar-refractivity contribution in [3.8, 4) is 11.8 Å². The number of aromatic nitrogens is 1. The zero-order valence-corrected chi connectivity index (χ0v) is 20.3.